The fraction of sp³-hybridized carbons (Fsp3) is 0.100. The molecule has 0 N–H and O–H groups in total. The van der Waals surface area contributed by atoms with Crippen molar-refractivity contribution in [3.05, 3.63) is 46.8 Å². The van der Waals surface area contributed by atoms with Crippen LogP contribution >= 0.6 is 11.6 Å². The van der Waals surface area contributed by atoms with Gasteiger partial charge in [0.05, 0.1) is 5.56 Å². The first-order valence-electron chi connectivity index (χ1n) is 3.77. The molecule has 0 amide bonds. The first-order valence-corrected chi connectivity index (χ1v) is 4.15. The van der Waals surface area contributed by atoms with Gasteiger partial charge in [-0.3, -0.25) is 4.79 Å². The van der Waals surface area contributed by atoms with Crippen molar-refractivity contribution in [2.24, 2.45) is 0 Å². The van der Waals surface area contributed by atoms with Crippen molar-refractivity contribution in [3.63, 3.8) is 0 Å². The molecule has 0 atom stereocenters. The largest absolute Gasteiger partial charge is 0.289 e. The third kappa shape index (κ3) is 2.39. The summed E-state index contributed by atoms with van der Waals surface area (Å²) >= 11 is 5.53. The van der Waals surface area contributed by atoms with Crippen LogP contribution in [0.1, 0.15) is 17.3 Å². The van der Waals surface area contributed by atoms with E-state index in [-0.39, 0.29) is 16.4 Å². The van der Waals surface area contributed by atoms with Gasteiger partial charge in [-0.25, -0.2) is 4.39 Å². The summed E-state index contributed by atoms with van der Waals surface area (Å²) in [6.07, 6.45) is 2.88. The van der Waals surface area contributed by atoms with Gasteiger partial charge < -0.3 is 0 Å². The molecule has 1 aromatic carbocycles. The number of carbonyl (C=O) groups is 1. The van der Waals surface area contributed by atoms with Gasteiger partial charge in [0.1, 0.15) is 5.82 Å². The minimum atomic E-state index is -0.587. The Balaban J connectivity index is 3.09. The molecule has 0 aliphatic heterocycles. The molecular weight excluding hydrogens is 191 g/mol. The fourth-order valence-corrected chi connectivity index (χ4v) is 1.09. The van der Waals surface area contributed by atoms with Crippen molar-refractivity contribution >= 4 is 17.4 Å². The number of benzene rings is 1. The second-order valence-electron chi connectivity index (χ2n) is 2.49. The van der Waals surface area contributed by atoms with Crippen LogP contribution in [0.15, 0.2) is 30.4 Å². The summed E-state index contributed by atoms with van der Waals surface area (Å²) < 4.78 is 13.1. The molecule has 1 nitrogen and oxygen atoms in total. The standard InChI is InChI=1S/C10H8ClFO/c1-2-3-10(13)8-5-4-7(11)6-9(8)12/h2-6H,1H3. The van der Waals surface area contributed by atoms with Crippen LogP contribution in [0.3, 0.4) is 0 Å². The van der Waals surface area contributed by atoms with Gasteiger partial charge >= 0.3 is 0 Å². The van der Waals surface area contributed by atoms with E-state index in [0.29, 0.717) is 0 Å². The van der Waals surface area contributed by atoms with Crippen LogP contribution in [0, 0.1) is 5.82 Å². The second-order valence-corrected chi connectivity index (χ2v) is 2.92. The molecule has 0 bridgehead atoms. The highest BCUT2D eigenvalue weighted by Crippen LogP contribution is 2.15. The van der Waals surface area contributed by atoms with E-state index in [9.17, 15) is 9.18 Å². The number of rotatable bonds is 2. The van der Waals surface area contributed by atoms with Gasteiger partial charge in [-0.2, -0.15) is 0 Å². The number of hydrogen-bond donors (Lipinski definition) is 0. The lowest BCUT2D eigenvalue weighted by Crippen LogP contribution is -1.97. The normalized spacial score (nSPS) is 10.7. The molecule has 1 rings (SSSR count). The third-order valence-electron chi connectivity index (χ3n) is 1.51. The van der Waals surface area contributed by atoms with Crippen LogP contribution in [0.2, 0.25) is 5.02 Å². The molecule has 1 aromatic rings. The summed E-state index contributed by atoms with van der Waals surface area (Å²) in [4.78, 5) is 11.2. The lowest BCUT2D eigenvalue weighted by Gasteiger charge is -1.98. The van der Waals surface area contributed by atoms with E-state index < -0.39 is 5.82 Å². The Kier molecular flexibility index (Phi) is 3.20. The Morgan fingerprint density at radius 1 is 1.54 bits per heavy atom. The van der Waals surface area contributed by atoms with E-state index in [1.54, 1.807) is 13.0 Å². The van der Waals surface area contributed by atoms with Crippen LogP contribution in [-0.2, 0) is 0 Å². The van der Waals surface area contributed by atoms with Crippen molar-refractivity contribution in [2.45, 2.75) is 6.92 Å². The van der Waals surface area contributed by atoms with Gasteiger partial charge in [-0.05, 0) is 31.2 Å². The molecule has 0 radical (unpaired) electrons. The smallest absolute Gasteiger partial charge is 0.188 e. The second kappa shape index (κ2) is 4.19. The molecule has 0 fully saturated rings. The lowest BCUT2D eigenvalue weighted by molar-refractivity contribution is 0.104. The summed E-state index contributed by atoms with van der Waals surface area (Å²) in [6.45, 7) is 1.70. The molecule has 0 saturated heterocycles. The molecule has 0 aromatic heterocycles. The van der Waals surface area contributed by atoms with Gasteiger partial charge in [0.2, 0.25) is 0 Å². The molecular formula is C10H8ClFO. The first kappa shape index (κ1) is 9.93. The summed E-state index contributed by atoms with van der Waals surface area (Å²) in [5, 5.41) is 0.287. The van der Waals surface area contributed by atoms with Crippen LogP contribution in [0.4, 0.5) is 4.39 Å². The predicted octanol–water partition coefficient (Wildman–Crippen LogP) is 3.24. The minimum absolute atomic E-state index is 0.0440. The topological polar surface area (TPSA) is 17.1 Å². The van der Waals surface area contributed by atoms with E-state index in [0.717, 1.165) is 6.07 Å². The highest BCUT2D eigenvalue weighted by molar-refractivity contribution is 6.30. The summed E-state index contributed by atoms with van der Waals surface area (Å²) in [5.41, 5.74) is 0.0440. The van der Waals surface area contributed by atoms with E-state index in [2.05, 4.69) is 0 Å². The summed E-state index contributed by atoms with van der Waals surface area (Å²) in [6, 6.07) is 3.99. The number of allylic oxidation sites excluding steroid dienone is 2. The molecule has 0 aliphatic rings. The monoisotopic (exact) mass is 198 g/mol. The summed E-state index contributed by atoms with van der Waals surface area (Å²) in [5.74, 6) is -0.938. The van der Waals surface area contributed by atoms with Crippen molar-refractivity contribution in [2.75, 3.05) is 0 Å². The number of carbonyl (C=O) groups excluding carboxylic acids is 1. The lowest BCUT2D eigenvalue weighted by atomic mass is 10.1. The Labute approximate surface area is 80.8 Å². The highest BCUT2D eigenvalue weighted by Gasteiger charge is 2.08. The van der Waals surface area contributed by atoms with Crippen molar-refractivity contribution in [1.82, 2.24) is 0 Å². The number of hydrogen-bond acceptors (Lipinski definition) is 1. The zero-order valence-corrected chi connectivity index (χ0v) is 7.81. The van der Waals surface area contributed by atoms with E-state index >= 15 is 0 Å². The molecule has 0 saturated carbocycles. The van der Waals surface area contributed by atoms with E-state index in [4.69, 9.17) is 11.6 Å². The SMILES string of the molecule is CC=CC(=O)c1ccc(Cl)cc1F. The number of ketones is 1. The highest BCUT2D eigenvalue weighted by atomic mass is 35.5. The van der Waals surface area contributed by atoms with Crippen molar-refractivity contribution in [1.29, 1.82) is 0 Å². The van der Waals surface area contributed by atoms with Gasteiger partial charge in [0.15, 0.2) is 5.78 Å². The third-order valence-corrected chi connectivity index (χ3v) is 1.75. The van der Waals surface area contributed by atoms with Crippen molar-refractivity contribution < 1.29 is 9.18 Å². The molecule has 68 valence electrons. The maximum atomic E-state index is 13.1. The van der Waals surface area contributed by atoms with Crippen LogP contribution in [0.25, 0.3) is 0 Å². The zero-order chi connectivity index (χ0) is 9.84. The predicted molar refractivity (Wildman–Crippen MR) is 50.6 cm³/mol. The Morgan fingerprint density at radius 2 is 2.23 bits per heavy atom. The number of halogens is 2. The quantitative estimate of drug-likeness (QED) is 0.527. The van der Waals surface area contributed by atoms with E-state index in [1.165, 1.54) is 18.2 Å². The van der Waals surface area contributed by atoms with Gasteiger partial charge in [0.25, 0.3) is 0 Å². The summed E-state index contributed by atoms with van der Waals surface area (Å²) in [7, 11) is 0. The average molecular weight is 199 g/mol. The molecule has 0 spiro atoms. The molecule has 0 aliphatic carbocycles. The molecule has 3 heteroatoms. The molecule has 0 unspecified atom stereocenters. The molecule has 0 heterocycles. The minimum Gasteiger partial charge on any atom is -0.289 e. The van der Waals surface area contributed by atoms with Crippen molar-refractivity contribution in [3.8, 4) is 0 Å². The maximum absolute atomic E-state index is 13.1. The maximum Gasteiger partial charge on any atom is 0.188 e. The van der Waals surface area contributed by atoms with Gasteiger partial charge in [0, 0.05) is 5.02 Å². The van der Waals surface area contributed by atoms with Crippen LogP contribution < -0.4 is 0 Å². The van der Waals surface area contributed by atoms with E-state index in [1.807, 2.05) is 0 Å². The Bertz CT molecular complexity index is 358. The van der Waals surface area contributed by atoms with Crippen LogP contribution in [0.5, 0.6) is 0 Å². The van der Waals surface area contributed by atoms with Gasteiger partial charge in [-0.1, -0.05) is 17.7 Å². The Hall–Kier alpha value is -1.15. The average Bonchev–Trinajstić information content (AvgIpc) is 2.04. The Morgan fingerprint density at radius 3 is 2.77 bits per heavy atom. The molecule has 13 heavy (non-hydrogen) atoms. The fourth-order valence-electron chi connectivity index (χ4n) is 0.930. The zero-order valence-electron chi connectivity index (χ0n) is 7.05. The first-order chi connectivity index (χ1) is 6.15. The van der Waals surface area contributed by atoms with Gasteiger partial charge in [-0.15, -0.1) is 0 Å². The van der Waals surface area contributed by atoms with Crippen LogP contribution in [-0.4, -0.2) is 5.78 Å².